The van der Waals surface area contributed by atoms with E-state index in [9.17, 15) is 4.79 Å². The van der Waals surface area contributed by atoms with Gasteiger partial charge in [-0.1, -0.05) is 6.07 Å². The Morgan fingerprint density at radius 2 is 2.15 bits per heavy atom. The summed E-state index contributed by atoms with van der Waals surface area (Å²) in [5, 5.41) is 6.04. The molecule has 0 radical (unpaired) electrons. The monoisotopic (exact) mass is 270 g/mol. The van der Waals surface area contributed by atoms with E-state index in [4.69, 9.17) is 0 Å². The minimum absolute atomic E-state index is 0.105. The van der Waals surface area contributed by atoms with Gasteiger partial charge in [-0.3, -0.25) is 9.78 Å². The lowest BCUT2D eigenvalue weighted by Gasteiger charge is -2.13. The van der Waals surface area contributed by atoms with Gasteiger partial charge in [0, 0.05) is 18.9 Å². The van der Waals surface area contributed by atoms with E-state index in [0.717, 1.165) is 17.8 Å². The normalized spacial score (nSPS) is 11.7. The fourth-order valence-electron chi connectivity index (χ4n) is 1.82. The number of carbonyl (C=O) groups is 1. The third-order valence-corrected chi connectivity index (χ3v) is 2.91. The molecule has 0 aliphatic rings. The highest BCUT2D eigenvalue weighted by atomic mass is 16.1. The maximum absolute atomic E-state index is 12.1. The van der Waals surface area contributed by atoms with E-state index < -0.39 is 0 Å². The van der Waals surface area contributed by atoms with Crippen molar-refractivity contribution in [3.05, 3.63) is 54.1 Å². The van der Waals surface area contributed by atoms with Crippen molar-refractivity contribution in [2.75, 3.05) is 11.9 Å². The second kappa shape index (κ2) is 6.65. The molecule has 0 saturated heterocycles. The number of aromatic nitrogens is 2. The molecule has 1 atom stereocenters. The van der Waals surface area contributed by atoms with Crippen LogP contribution in [0.1, 0.15) is 35.9 Å². The van der Waals surface area contributed by atoms with Crippen molar-refractivity contribution < 1.29 is 4.79 Å². The molecule has 0 aliphatic carbocycles. The summed E-state index contributed by atoms with van der Waals surface area (Å²) in [5.74, 6) is -0.190. The summed E-state index contributed by atoms with van der Waals surface area (Å²) < 4.78 is 0. The first kappa shape index (κ1) is 14.0. The summed E-state index contributed by atoms with van der Waals surface area (Å²) in [6.07, 6.45) is 5.11. The number of pyridine rings is 2. The van der Waals surface area contributed by atoms with Gasteiger partial charge in [-0.05, 0) is 37.6 Å². The van der Waals surface area contributed by atoms with E-state index in [1.807, 2.05) is 32.0 Å². The van der Waals surface area contributed by atoms with Crippen LogP contribution < -0.4 is 10.6 Å². The van der Waals surface area contributed by atoms with E-state index in [2.05, 4.69) is 20.6 Å². The molecule has 2 aromatic rings. The molecule has 20 heavy (non-hydrogen) atoms. The number of nitrogens with zero attached hydrogens (tertiary/aromatic N) is 2. The molecule has 5 heteroatoms. The smallest absolute Gasteiger partial charge is 0.270 e. The van der Waals surface area contributed by atoms with E-state index in [1.54, 1.807) is 24.7 Å². The van der Waals surface area contributed by atoms with Crippen LogP contribution in [0.25, 0.3) is 0 Å². The molecular formula is C15H18N4O. The van der Waals surface area contributed by atoms with Crippen LogP contribution in [0.5, 0.6) is 0 Å². The van der Waals surface area contributed by atoms with Crippen molar-refractivity contribution in [2.45, 2.75) is 19.9 Å². The van der Waals surface area contributed by atoms with Crippen LogP contribution in [-0.2, 0) is 0 Å². The summed E-state index contributed by atoms with van der Waals surface area (Å²) in [6.45, 7) is 4.75. The molecule has 0 aliphatic heterocycles. The van der Waals surface area contributed by atoms with Gasteiger partial charge < -0.3 is 10.6 Å². The second-order valence-electron chi connectivity index (χ2n) is 4.44. The number of rotatable bonds is 5. The van der Waals surface area contributed by atoms with Gasteiger partial charge in [-0.2, -0.15) is 0 Å². The van der Waals surface area contributed by atoms with E-state index in [-0.39, 0.29) is 11.9 Å². The first-order chi connectivity index (χ1) is 9.70. The van der Waals surface area contributed by atoms with Gasteiger partial charge in [0.15, 0.2) is 0 Å². The lowest BCUT2D eigenvalue weighted by Crippen LogP contribution is -2.27. The third kappa shape index (κ3) is 3.54. The SMILES string of the molecule is CCNc1ccc(C(=O)NC(C)c2cccnc2)nc1. The quantitative estimate of drug-likeness (QED) is 0.875. The first-order valence-electron chi connectivity index (χ1n) is 6.61. The zero-order chi connectivity index (χ0) is 14.4. The Morgan fingerprint density at radius 1 is 1.30 bits per heavy atom. The van der Waals surface area contributed by atoms with Gasteiger partial charge in [-0.15, -0.1) is 0 Å². The largest absolute Gasteiger partial charge is 0.384 e. The number of hydrogen-bond donors (Lipinski definition) is 2. The van der Waals surface area contributed by atoms with E-state index in [0.29, 0.717) is 5.69 Å². The maximum atomic E-state index is 12.1. The number of amides is 1. The average Bonchev–Trinajstić information content (AvgIpc) is 2.49. The standard InChI is InChI=1S/C15H18N4O/c1-3-17-13-6-7-14(18-10-13)15(20)19-11(2)12-5-4-8-16-9-12/h4-11,17H,3H2,1-2H3,(H,19,20). The molecule has 0 spiro atoms. The molecule has 2 aromatic heterocycles. The fraction of sp³-hybridized carbons (Fsp3) is 0.267. The zero-order valence-corrected chi connectivity index (χ0v) is 11.6. The Labute approximate surface area is 118 Å². The zero-order valence-electron chi connectivity index (χ0n) is 11.6. The average molecular weight is 270 g/mol. The van der Waals surface area contributed by atoms with Crippen molar-refractivity contribution in [3.8, 4) is 0 Å². The molecular weight excluding hydrogens is 252 g/mol. The topological polar surface area (TPSA) is 66.9 Å². The number of carbonyl (C=O) groups excluding carboxylic acids is 1. The molecule has 0 fully saturated rings. The third-order valence-electron chi connectivity index (χ3n) is 2.91. The Bertz CT molecular complexity index is 554. The van der Waals surface area contributed by atoms with Gasteiger partial charge in [0.1, 0.15) is 5.69 Å². The molecule has 1 unspecified atom stereocenters. The van der Waals surface area contributed by atoms with Crippen LogP contribution in [0.2, 0.25) is 0 Å². The van der Waals surface area contributed by atoms with Gasteiger partial charge in [0.25, 0.3) is 5.91 Å². The minimum atomic E-state index is -0.190. The Hall–Kier alpha value is -2.43. The van der Waals surface area contributed by atoms with Crippen molar-refractivity contribution >= 4 is 11.6 Å². The van der Waals surface area contributed by atoms with Gasteiger partial charge in [0.2, 0.25) is 0 Å². The lowest BCUT2D eigenvalue weighted by molar-refractivity contribution is 0.0935. The summed E-state index contributed by atoms with van der Waals surface area (Å²) >= 11 is 0. The molecule has 0 aromatic carbocycles. The summed E-state index contributed by atoms with van der Waals surface area (Å²) in [4.78, 5) is 20.3. The predicted octanol–water partition coefficient (Wildman–Crippen LogP) is 2.40. The summed E-state index contributed by atoms with van der Waals surface area (Å²) in [7, 11) is 0. The van der Waals surface area contributed by atoms with Gasteiger partial charge >= 0.3 is 0 Å². The second-order valence-corrected chi connectivity index (χ2v) is 4.44. The highest BCUT2D eigenvalue weighted by molar-refractivity contribution is 5.92. The molecule has 2 rings (SSSR count). The van der Waals surface area contributed by atoms with Crippen LogP contribution >= 0.6 is 0 Å². The van der Waals surface area contributed by atoms with Crippen LogP contribution in [0.3, 0.4) is 0 Å². The fourth-order valence-corrected chi connectivity index (χ4v) is 1.82. The van der Waals surface area contributed by atoms with Crippen molar-refractivity contribution in [2.24, 2.45) is 0 Å². The van der Waals surface area contributed by atoms with Gasteiger partial charge in [0.05, 0.1) is 17.9 Å². The number of nitrogens with one attached hydrogen (secondary N) is 2. The van der Waals surface area contributed by atoms with Gasteiger partial charge in [-0.25, -0.2) is 4.98 Å². The number of hydrogen-bond acceptors (Lipinski definition) is 4. The summed E-state index contributed by atoms with van der Waals surface area (Å²) in [5.41, 5.74) is 2.27. The number of anilines is 1. The van der Waals surface area contributed by atoms with Crippen molar-refractivity contribution in [1.82, 2.24) is 15.3 Å². The van der Waals surface area contributed by atoms with E-state index in [1.165, 1.54) is 0 Å². The molecule has 104 valence electrons. The molecule has 1 amide bonds. The van der Waals surface area contributed by atoms with Crippen molar-refractivity contribution in [1.29, 1.82) is 0 Å². The minimum Gasteiger partial charge on any atom is -0.384 e. The molecule has 2 N–H and O–H groups in total. The highest BCUT2D eigenvalue weighted by Crippen LogP contribution is 2.11. The first-order valence-corrected chi connectivity index (χ1v) is 6.61. The van der Waals surface area contributed by atoms with Crippen LogP contribution in [0.4, 0.5) is 5.69 Å². The Kier molecular flexibility index (Phi) is 4.65. The van der Waals surface area contributed by atoms with E-state index >= 15 is 0 Å². The Morgan fingerprint density at radius 3 is 2.75 bits per heavy atom. The maximum Gasteiger partial charge on any atom is 0.270 e. The molecule has 5 nitrogen and oxygen atoms in total. The lowest BCUT2D eigenvalue weighted by atomic mass is 10.1. The summed E-state index contributed by atoms with van der Waals surface area (Å²) in [6, 6.07) is 7.23. The highest BCUT2D eigenvalue weighted by Gasteiger charge is 2.12. The predicted molar refractivity (Wildman–Crippen MR) is 78.5 cm³/mol. The molecule has 2 heterocycles. The molecule has 0 saturated carbocycles. The van der Waals surface area contributed by atoms with Crippen molar-refractivity contribution in [3.63, 3.8) is 0 Å². The van der Waals surface area contributed by atoms with Crippen LogP contribution in [-0.4, -0.2) is 22.4 Å². The Balaban J connectivity index is 2.01. The van der Waals surface area contributed by atoms with Crippen LogP contribution in [0.15, 0.2) is 42.9 Å². The molecule has 0 bridgehead atoms. The van der Waals surface area contributed by atoms with Crippen LogP contribution in [0, 0.1) is 0 Å².